The average molecular weight is 637 g/mol. The van der Waals surface area contributed by atoms with Crippen LogP contribution < -0.4 is 5.32 Å². The molecule has 2 aromatic heterocycles. The summed E-state index contributed by atoms with van der Waals surface area (Å²) in [4.78, 5) is 29.0. The molecule has 0 bridgehead atoms. The Kier molecular flexibility index (Phi) is 10.8. The lowest BCUT2D eigenvalue weighted by molar-refractivity contribution is -0.133. The summed E-state index contributed by atoms with van der Waals surface area (Å²) >= 11 is 0. The molecule has 1 unspecified atom stereocenters. The number of nitrogens with one attached hydrogen (secondary N) is 1. The Labute approximate surface area is 258 Å². The summed E-state index contributed by atoms with van der Waals surface area (Å²) in [5.74, 6) is -1.36. The molecule has 14 heteroatoms. The molecule has 1 fully saturated rings. The molecule has 3 aliphatic heterocycles. The fourth-order valence-corrected chi connectivity index (χ4v) is 5.94. The maximum atomic E-state index is 14.3. The van der Waals surface area contributed by atoms with E-state index in [4.69, 9.17) is 4.74 Å². The molecule has 1 N–H and O–H groups in total. The van der Waals surface area contributed by atoms with Crippen molar-refractivity contribution >= 4 is 17.8 Å². The summed E-state index contributed by atoms with van der Waals surface area (Å²) in [6, 6.07) is 3.75. The highest BCUT2D eigenvalue weighted by atomic mass is 19.4. The number of hydrogen-bond donors (Lipinski definition) is 1. The fourth-order valence-electron chi connectivity index (χ4n) is 5.94. The number of anilines is 1. The smallest absolute Gasteiger partial charge is 0.413 e. The number of pyridine rings is 1. The number of fused-ring (bicyclic) bond motifs is 3. The van der Waals surface area contributed by atoms with Gasteiger partial charge < -0.3 is 14.2 Å². The van der Waals surface area contributed by atoms with Crippen LogP contribution in [0.4, 0.5) is 32.6 Å². The topological polar surface area (TPSA) is 102 Å². The SMILES string of the molecule is CC.CC(=O)N1CCC2(CC1)OC(=O)Nc1ncccc12.FC1=C(F)C(C2CCCc3nnc(CC(F)(F)F)n3C2)=CCC=C1. The lowest BCUT2D eigenvalue weighted by atomic mass is 9.83. The summed E-state index contributed by atoms with van der Waals surface area (Å²) < 4.78 is 73.0. The van der Waals surface area contributed by atoms with Crippen LogP contribution >= 0.6 is 0 Å². The van der Waals surface area contributed by atoms with E-state index in [1.165, 1.54) is 10.6 Å². The summed E-state index contributed by atoms with van der Waals surface area (Å²) in [6.07, 6.45) is 3.05. The van der Waals surface area contributed by atoms with Gasteiger partial charge in [0.1, 0.15) is 29.5 Å². The zero-order valence-corrected chi connectivity index (χ0v) is 25.5. The van der Waals surface area contributed by atoms with E-state index in [1.807, 2.05) is 26.0 Å². The molecule has 2 aromatic rings. The number of carbonyl (C=O) groups excluding carboxylic acids is 2. The average Bonchev–Trinajstić information content (AvgIpc) is 3.14. The van der Waals surface area contributed by atoms with E-state index >= 15 is 0 Å². The molecular formula is C31H37F5N6O3. The Morgan fingerprint density at radius 1 is 1.18 bits per heavy atom. The number of halogens is 5. The molecule has 0 radical (unpaired) electrons. The summed E-state index contributed by atoms with van der Waals surface area (Å²) in [6.45, 7) is 6.87. The van der Waals surface area contributed by atoms with E-state index < -0.39 is 41.9 Å². The quantitative estimate of drug-likeness (QED) is 0.361. The van der Waals surface area contributed by atoms with Gasteiger partial charge in [-0.1, -0.05) is 26.0 Å². The number of alkyl halides is 3. The Hall–Kier alpha value is -4.10. The Morgan fingerprint density at radius 3 is 2.60 bits per heavy atom. The third-order valence-electron chi connectivity index (χ3n) is 8.08. The molecule has 45 heavy (non-hydrogen) atoms. The first kappa shape index (κ1) is 33.8. The second kappa shape index (κ2) is 14.3. The molecule has 2 amide bonds. The molecule has 5 heterocycles. The zero-order chi connectivity index (χ0) is 32.8. The van der Waals surface area contributed by atoms with E-state index in [1.54, 1.807) is 24.1 Å². The molecule has 1 saturated heterocycles. The lowest BCUT2D eigenvalue weighted by Gasteiger charge is -2.43. The standard InChI is InChI=1S/C16H16F5N3.C13H15N3O3.C2H6/c17-12-6-2-1-5-11(15(12)18)10-4-3-7-13-22-23-14(24(13)9-10)8-16(19,20)21;1-9(17)16-7-4-13(5-8-16)10-3-2-6-14-11(10)15-12(18)19-13;1-2/h2,5-6,10H,1,3-4,7-9H2;2-3,6H,4-5,7-8H2,1H3,(H,14,15,18);1-2H3. The van der Waals surface area contributed by atoms with Crippen LogP contribution in [0.25, 0.3) is 0 Å². The summed E-state index contributed by atoms with van der Waals surface area (Å²) in [5.41, 5.74) is 0.479. The molecule has 1 atom stereocenters. The highest BCUT2D eigenvalue weighted by Crippen LogP contribution is 2.42. The van der Waals surface area contributed by atoms with Gasteiger partial charge in [0.2, 0.25) is 5.91 Å². The van der Waals surface area contributed by atoms with Crippen LogP contribution in [0.15, 0.2) is 53.8 Å². The highest BCUT2D eigenvalue weighted by Gasteiger charge is 2.45. The van der Waals surface area contributed by atoms with E-state index in [0.717, 1.165) is 11.6 Å². The number of aryl methyl sites for hydroxylation is 1. The molecular weight excluding hydrogens is 599 g/mol. The first-order valence-corrected chi connectivity index (χ1v) is 15.1. The van der Waals surface area contributed by atoms with E-state index in [0.29, 0.717) is 63.3 Å². The van der Waals surface area contributed by atoms with Gasteiger partial charge in [-0.3, -0.25) is 10.1 Å². The number of likely N-dealkylation sites (tertiary alicyclic amines) is 1. The van der Waals surface area contributed by atoms with Gasteiger partial charge in [0.15, 0.2) is 11.7 Å². The molecule has 9 nitrogen and oxygen atoms in total. The molecule has 4 aliphatic rings. The number of hydrogen-bond acceptors (Lipinski definition) is 6. The van der Waals surface area contributed by atoms with E-state index in [9.17, 15) is 31.5 Å². The van der Waals surface area contributed by atoms with Gasteiger partial charge in [0.25, 0.3) is 0 Å². The number of carbonyl (C=O) groups is 2. The lowest BCUT2D eigenvalue weighted by Crippen LogP contribution is -2.49. The predicted octanol–water partition coefficient (Wildman–Crippen LogP) is 6.88. The zero-order valence-electron chi connectivity index (χ0n) is 25.5. The van der Waals surface area contributed by atoms with Gasteiger partial charge >= 0.3 is 12.3 Å². The maximum absolute atomic E-state index is 14.3. The van der Waals surface area contributed by atoms with Crippen molar-refractivity contribution in [3.8, 4) is 0 Å². The van der Waals surface area contributed by atoms with E-state index in [2.05, 4.69) is 20.5 Å². The number of rotatable bonds is 2. The Bertz CT molecular complexity index is 1470. The van der Waals surface area contributed by atoms with Gasteiger partial charge in [-0.15, -0.1) is 10.2 Å². The molecule has 1 spiro atoms. The molecule has 244 valence electrons. The van der Waals surface area contributed by atoms with Crippen LogP contribution in [-0.2, 0) is 34.5 Å². The summed E-state index contributed by atoms with van der Waals surface area (Å²) in [7, 11) is 0. The van der Waals surface area contributed by atoms with Crippen molar-refractivity contribution in [2.24, 2.45) is 5.92 Å². The molecule has 0 aromatic carbocycles. The van der Waals surface area contributed by atoms with Crippen LogP contribution in [0.3, 0.4) is 0 Å². The largest absolute Gasteiger partial charge is 0.437 e. The van der Waals surface area contributed by atoms with Crippen LogP contribution in [0, 0.1) is 5.92 Å². The van der Waals surface area contributed by atoms with Crippen LogP contribution in [-0.4, -0.2) is 55.9 Å². The third kappa shape index (κ3) is 7.95. The minimum atomic E-state index is -4.39. The first-order chi connectivity index (χ1) is 21.5. The number of aromatic nitrogens is 4. The normalized spacial score (nSPS) is 20.5. The minimum absolute atomic E-state index is 0.0570. The molecule has 1 aliphatic carbocycles. The van der Waals surface area contributed by atoms with Gasteiger partial charge in [0.05, 0.1) is 0 Å². The summed E-state index contributed by atoms with van der Waals surface area (Å²) in [5, 5.41) is 10.1. The number of nitrogens with zero attached hydrogens (tertiary/aromatic N) is 5. The third-order valence-corrected chi connectivity index (χ3v) is 8.08. The van der Waals surface area contributed by atoms with Crippen molar-refractivity contribution in [1.29, 1.82) is 0 Å². The van der Waals surface area contributed by atoms with Crippen LogP contribution in [0.1, 0.15) is 70.1 Å². The van der Waals surface area contributed by atoms with Gasteiger partial charge in [0, 0.05) is 63.5 Å². The number of allylic oxidation sites excluding steroid dienone is 6. The number of ether oxygens (including phenoxy) is 1. The fraction of sp³-hybridized carbons (Fsp3) is 0.516. The van der Waals surface area contributed by atoms with Crippen LogP contribution in [0.2, 0.25) is 0 Å². The van der Waals surface area contributed by atoms with Gasteiger partial charge in [-0.25, -0.2) is 18.6 Å². The van der Waals surface area contributed by atoms with Crippen molar-refractivity contribution in [2.75, 3.05) is 18.4 Å². The second-order valence-electron chi connectivity index (χ2n) is 10.9. The maximum Gasteiger partial charge on any atom is 0.413 e. The van der Waals surface area contributed by atoms with E-state index in [-0.39, 0.29) is 23.8 Å². The Morgan fingerprint density at radius 2 is 1.91 bits per heavy atom. The number of piperidine rings is 1. The minimum Gasteiger partial charge on any atom is -0.437 e. The van der Waals surface area contributed by atoms with Crippen molar-refractivity contribution in [3.05, 3.63) is 71.0 Å². The highest BCUT2D eigenvalue weighted by molar-refractivity contribution is 5.87. The second-order valence-corrected chi connectivity index (χ2v) is 10.9. The van der Waals surface area contributed by atoms with Gasteiger partial charge in [-0.2, -0.15) is 13.2 Å². The van der Waals surface area contributed by atoms with Crippen LogP contribution in [0.5, 0.6) is 0 Å². The van der Waals surface area contributed by atoms with Crippen molar-refractivity contribution in [2.45, 2.75) is 84.0 Å². The van der Waals surface area contributed by atoms with Crippen molar-refractivity contribution < 1.29 is 36.3 Å². The predicted molar refractivity (Wildman–Crippen MR) is 156 cm³/mol. The number of amides is 2. The van der Waals surface area contributed by atoms with Gasteiger partial charge in [-0.05, 0) is 43.0 Å². The molecule has 0 saturated carbocycles. The molecule has 6 rings (SSSR count). The monoisotopic (exact) mass is 636 g/mol. The Balaban J connectivity index is 0.000000199. The first-order valence-electron chi connectivity index (χ1n) is 15.1. The van der Waals surface area contributed by atoms with Crippen molar-refractivity contribution in [3.63, 3.8) is 0 Å². The van der Waals surface area contributed by atoms with Crippen molar-refractivity contribution in [1.82, 2.24) is 24.6 Å².